The Bertz CT molecular complexity index is 1350. The van der Waals surface area contributed by atoms with Crippen molar-refractivity contribution in [2.75, 3.05) is 37.7 Å². The number of hydrogen-bond acceptors (Lipinski definition) is 7. The average molecular weight is 475 g/mol. The van der Waals surface area contributed by atoms with Crippen LogP contribution in [0.4, 0.5) is 10.7 Å². The molecule has 3 aromatic heterocycles. The molecule has 0 unspecified atom stereocenters. The second-order valence-corrected chi connectivity index (χ2v) is 9.57. The molecule has 1 N–H and O–H groups in total. The van der Waals surface area contributed by atoms with Gasteiger partial charge in [-0.1, -0.05) is 18.2 Å². The van der Waals surface area contributed by atoms with Gasteiger partial charge in [-0.2, -0.15) is 4.98 Å². The molecule has 4 heterocycles. The van der Waals surface area contributed by atoms with Crippen LogP contribution >= 0.6 is 0 Å². The van der Waals surface area contributed by atoms with Gasteiger partial charge >= 0.3 is 6.09 Å². The van der Waals surface area contributed by atoms with E-state index in [9.17, 15) is 4.79 Å². The molecule has 0 spiro atoms. The number of fused-ring (bicyclic) bond motifs is 3. The van der Waals surface area contributed by atoms with Gasteiger partial charge in [0.15, 0.2) is 0 Å². The van der Waals surface area contributed by atoms with Crippen molar-refractivity contribution in [3.05, 3.63) is 42.7 Å². The normalized spacial score (nSPS) is 14.5. The van der Waals surface area contributed by atoms with Crippen molar-refractivity contribution < 1.29 is 14.3 Å². The monoisotopic (exact) mass is 474 g/mol. The van der Waals surface area contributed by atoms with Crippen LogP contribution in [-0.2, 0) is 4.74 Å². The lowest BCUT2D eigenvalue weighted by atomic mass is 10.1. The molecule has 182 valence electrons. The molecule has 0 atom stereocenters. The van der Waals surface area contributed by atoms with Gasteiger partial charge in [-0.3, -0.25) is 4.98 Å². The van der Waals surface area contributed by atoms with Crippen LogP contribution < -0.4 is 9.64 Å². The number of nitrogens with zero attached hydrogens (tertiary/aromatic N) is 5. The summed E-state index contributed by atoms with van der Waals surface area (Å²) in [5.74, 6) is 1.13. The third-order valence-corrected chi connectivity index (χ3v) is 5.89. The van der Waals surface area contributed by atoms with Crippen molar-refractivity contribution in [1.82, 2.24) is 24.8 Å². The van der Waals surface area contributed by atoms with Gasteiger partial charge in [0, 0.05) is 55.0 Å². The van der Waals surface area contributed by atoms with Crippen molar-refractivity contribution in [2.45, 2.75) is 33.3 Å². The van der Waals surface area contributed by atoms with Crippen LogP contribution in [0.15, 0.2) is 42.7 Å². The fraction of sp³-hybridized carbons (Fsp3) is 0.385. The van der Waals surface area contributed by atoms with Crippen LogP contribution in [0.3, 0.4) is 0 Å². The summed E-state index contributed by atoms with van der Waals surface area (Å²) < 4.78 is 11.4. The molecular weight excluding hydrogens is 444 g/mol. The van der Waals surface area contributed by atoms with Gasteiger partial charge in [-0.15, -0.1) is 0 Å². The summed E-state index contributed by atoms with van der Waals surface area (Å²) in [6.07, 6.45) is 3.33. The summed E-state index contributed by atoms with van der Waals surface area (Å²) in [6, 6.07) is 10.2. The summed E-state index contributed by atoms with van der Waals surface area (Å²) in [6.45, 7) is 10.4. The van der Waals surface area contributed by atoms with E-state index in [1.807, 2.05) is 46.0 Å². The first-order valence-electron chi connectivity index (χ1n) is 11.9. The number of aromatic nitrogens is 4. The lowest BCUT2D eigenvalue weighted by Gasteiger charge is -2.35. The Labute approximate surface area is 204 Å². The highest BCUT2D eigenvalue weighted by Gasteiger charge is 2.27. The third kappa shape index (κ3) is 4.71. The summed E-state index contributed by atoms with van der Waals surface area (Å²) in [4.78, 5) is 33.6. The first kappa shape index (κ1) is 22.9. The predicted octanol–water partition coefficient (Wildman–Crippen LogP) is 4.63. The van der Waals surface area contributed by atoms with E-state index in [-0.39, 0.29) is 6.09 Å². The number of piperazine rings is 1. The molecule has 1 aliphatic heterocycles. The highest BCUT2D eigenvalue weighted by atomic mass is 16.6. The molecule has 0 saturated carbocycles. The Morgan fingerprint density at radius 1 is 1.09 bits per heavy atom. The molecule has 1 amide bonds. The highest BCUT2D eigenvalue weighted by Crippen LogP contribution is 2.33. The summed E-state index contributed by atoms with van der Waals surface area (Å²) in [7, 11) is 0. The predicted molar refractivity (Wildman–Crippen MR) is 136 cm³/mol. The Balaban J connectivity index is 1.45. The highest BCUT2D eigenvalue weighted by molar-refractivity contribution is 6.07. The maximum Gasteiger partial charge on any atom is 0.410 e. The van der Waals surface area contributed by atoms with Crippen molar-refractivity contribution in [3.63, 3.8) is 0 Å². The van der Waals surface area contributed by atoms with E-state index >= 15 is 0 Å². The maximum absolute atomic E-state index is 12.4. The number of nitrogens with one attached hydrogen (secondary N) is 1. The summed E-state index contributed by atoms with van der Waals surface area (Å²) in [5.41, 5.74) is 4.17. The number of pyridine rings is 1. The molecule has 1 saturated heterocycles. The fourth-order valence-corrected chi connectivity index (χ4v) is 4.24. The van der Waals surface area contributed by atoms with Crippen molar-refractivity contribution >= 4 is 34.0 Å². The molecule has 0 radical (unpaired) electrons. The van der Waals surface area contributed by atoms with E-state index in [0.717, 1.165) is 33.1 Å². The second kappa shape index (κ2) is 9.05. The number of hydrogen-bond donors (Lipinski definition) is 1. The van der Waals surface area contributed by atoms with Crippen LogP contribution in [-0.4, -0.2) is 69.3 Å². The largest absolute Gasteiger partial charge is 0.476 e. The van der Waals surface area contributed by atoms with E-state index in [4.69, 9.17) is 19.4 Å². The zero-order valence-electron chi connectivity index (χ0n) is 20.5. The first-order valence-corrected chi connectivity index (χ1v) is 11.9. The lowest BCUT2D eigenvalue weighted by Crippen LogP contribution is -2.50. The molecule has 1 aliphatic rings. The summed E-state index contributed by atoms with van der Waals surface area (Å²) in [5, 5.41) is 1.00. The van der Waals surface area contributed by atoms with Crippen molar-refractivity contribution in [1.29, 1.82) is 0 Å². The number of anilines is 1. The Morgan fingerprint density at radius 3 is 2.57 bits per heavy atom. The van der Waals surface area contributed by atoms with Crippen LogP contribution in [0.5, 0.6) is 5.88 Å². The van der Waals surface area contributed by atoms with Crippen LogP contribution in [0, 0.1) is 0 Å². The fourth-order valence-electron chi connectivity index (χ4n) is 4.24. The van der Waals surface area contributed by atoms with Gasteiger partial charge in [0.1, 0.15) is 16.6 Å². The first-order chi connectivity index (χ1) is 16.8. The minimum absolute atomic E-state index is 0.287. The Morgan fingerprint density at radius 2 is 1.89 bits per heavy atom. The molecule has 35 heavy (non-hydrogen) atoms. The quantitative estimate of drug-likeness (QED) is 0.461. The molecule has 4 aromatic rings. The number of carbonyl (C=O) groups excluding carboxylic acids is 1. The van der Waals surface area contributed by atoms with E-state index < -0.39 is 5.60 Å². The number of aromatic amines is 1. The van der Waals surface area contributed by atoms with Gasteiger partial charge in [-0.25, -0.2) is 9.78 Å². The van der Waals surface area contributed by atoms with Crippen LogP contribution in [0.2, 0.25) is 0 Å². The van der Waals surface area contributed by atoms with Gasteiger partial charge in [0.2, 0.25) is 11.8 Å². The SMILES string of the molecule is CCOc1nc(N2CCN(C(=O)OC(C)(C)C)CC2)nc2c1[nH]c1cc(-c3cccnc3)ccc12. The molecule has 0 aliphatic carbocycles. The zero-order chi connectivity index (χ0) is 24.6. The molecule has 1 fully saturated rings. The van der Waals surface area contributed by atoms with Gasteiger partial charge < -0.3 is 24.3 Å². The minimum atomic E-state index is -0.513. The van der Waals surface area contributed by atoms with Crippen LogP contribution in [0.1, 0.15) is 27.7 Å². The number of rotatable bonds is 4. The van der Waals surface area contributed by atoms with Gasteiger partial charge in [-0.05, 0) is 45.4 Å². The second-order valence-electron chi connectivity index (χ2n) is 9.57. The number of carbonyl (C=O) groups is 1. The molecule has 9 heteroatoms. The van der Waals surface area contributed by atoms with E-state index in [0.29, 0.717) is 44.6 Å². The molecule has 0 bridgehead atoms. The molecule has 5 rings (SSSR count). The molecular formula is C26H30N6O3. The van der Waals surface area contributed by atoms with Crippen LogP contribution in [0.25, 0.3) is 33.1 Å². The topological polar surface area (TPSA) is 96.5 Å². The molecule has 9 nitrogen and oxygen atoms in total. The van der Waals surface area contributed by atoms with Crippen molar-refractivity contribution in [2.24, 2.45) is 0 Å². The minimum Gasteiger partial charge on any atom is -0.476 e. The Kier molecular flexibility index (Phi) is 5.92. The number of amides is 1. The lowest BCUT2D eigenvalue weighted by molar-refractivity contribution is 0.0240. The van der Waals surface area contributed by atoms with Crippen molar-refractivity contribution in [3.8, 4) is 17.0 Å². The van der Waals surface area contributed by atoms with E-state index in [1.165, 1.54) is 0 Å². The van der Waals surface area contributed by atoms with E-state index in [1.54, 1.807) is 11.1 Å². The number of benzene rings is 1. The average Bonchev–Trinajstić information content (AvgIpc) is 3.22. The standard InChI is InChI=1S/C26H30N6O3/c1-5-34-23-22-21(19-9-8-17(15-20(19)28-22)18-7-6-10-27-16-18)29-24(30-23)31-11-13-32(14-12-31)25(33)35-26(2,3)4/h6-10,15-16,28H,5,11-14H2,1-4H3. The number of H-pyrrole nitrogens is 1. The van der Waals surface area contributed by atoms with E-state index in [2.05, 4.69) is 33.1 Å². The molecule has 1 aromatic carbocycles. The zero-order valence-corrected chi connectivity index (χ0v) is 20.5. The smallest absolute Gasteiger partial charge is 0.410 e. The van der Waals surface area contributed by atoms with Gasteiger partial charge in [0.25, 0.3) is 0 Å². The Hall–Kier alpha value is -3.88. The number of ether oxygens (including phenoxy) is 2. The summed E-state index contributed by atoms with van der Waals surface area (Å²) >= 11 is 0. The maximum atomic E-state index is 12.4. The third-order valence-electron chi connectivity index (χ3n) is 5.89. The van der Waals surface area contributed by atoms with Gasteiger partial charge in [0.05, 0.1) is 6.61 Å².